The fraction of sp³-hybridized carbons (Fsp3) is 0.400. The molecule has 2 rings (SSSR count). The summed E-state index contributed by atoms with van der Waals surface area (Å²) in [5.74, 6) is 0.825. The molecule has 0 saturated carbocycles. The molecule has 0 bridgehead atoms. The number of ether oxygens (including phenoxy) is 2. The molecular weight excluding hydrogens is 240 g/mol. The van der Waals surface area contributed by atoms with Crippen LogP contribution < -0.4 is 10.5 Å². The van der Waals surface area contributed by atoms with Crippen LogP contribution in [-0.4, -0.2) is 24.8 Å². The van der Waals surface area contributed by atoms with Crippen molar-refractivity contribution in [3.05, 3.63) is 30.6 Å². The quantitative estimate of drug-likeness (QED) is 0.614. The van der Waals surface area contributed by atoms with Gasteiger partial charge in [0.15, 0.2) is 0 Å². The summed E-state index contributed by atoms with van der Waals surface area (Å²) >= 11 is 0. The predicted octanol–water partition coefficient (Wildman–Crippen LogP) is 3.01. The van der Waals surface area contributed by atoms with Crippen LogP contribution in [0.2, 0.25) is 0 Å². The standard InChI is InChI=1S/C15H20N2O2/c1-2-3-8-18-9-10-19-15-5-4-14(16)13-11-17-7-6-12(13)15/h4-7,11H,2-3,8-10,16H2,1H3. The van der Waals surface area contributed by atoms with Crippen molar-refractivity contribution in [2.75, 3.05) is 25.6 Å². The van der Waals surface area contributed by atoms with Crippen molar-refractivity contribution in [2.45, 2.75) is 19.8 Å². The Labute approximate surface area is 113 Å². The second-order valence-electron chi connectivity index (χ2n) is 4.39. The minimum Gasteiger partial charge on any atom is -0.491 e. The fourth-order valence-electron chi connectivity index (χ4n) is 1.87. The molecule has 0 radical (unpaired) electrons. The highest BCUT2D eigenvalue weighted by Crippen LogP contribution is 2.29. The van der Waals surface area contributed by atoms with Crippen molar-refractivity contribution < 1.29 is 9.47 Å². The van der Waals surface area contributed by atoms with E-state index in [1.54, 1.807) is 12.4 Å². The first-order valence-corrected chi connectivity index (χ1v) is 6.65. The molecule has 4 nitrogen and oxygen atoms in total. The Morgan fingerprint density at radius 1 is 1.11 bits per heavy atom. The Balaban J connectivity index is 1.96. The van der Waals surface area contributed by atoms with Crippen LogP contribution in [0.5, 0.6) is 5.75 Å². The number of hydrogen-bond donors (Lipinski definition) is 1. The number of hydrogen-bond acceptors (Lipinski definition) is 4. The summed E-state index contributed by atoms with van der Waals surface area (Å²) in [6, 6.07) is 5.65. The molecule has 0 aliphatic rings. The number of unbranched alkanes of at least 4 members (excludes halogenated alkanes) is 1. The predicted molar refractivity (Wildman–Crippen MR) is 77.4 cm³/mol. The Hall–Kier alpha value is -1.81. The van der Waals surface area contributed by atoms with E-state index in [2.05, 4.69) is 11.9 Å². The number of nitrogens with zero attached hydrogens (tertiary/aromatic N) is 1. The number of aromatic nitrogens is 1. The SMILES string of the molecule is CCCCOCCOc1ccc(N)c2cnccc12. The van der Waals surface area contributed by atoms with E-state index in [1.807, 2.05) is 18.2 Å². The molecule has 0 aliphatic carbocycles. The highest BCUT2D eigenvalue weighted by atomic mass is 16.5. The Morgan fingerprint density at radius 2 is 2.00 bits per heavy atom. The summed E-state index contributed by atoms with van der Waals surface area (Å²) in [6.45, 7) is 4.10. The van der Waals surface area contributed by atoms with Crippen molar-refractivity contribution in [3.8, 4) is 5.75 Å². The smallest absolute Gasteiger partial charge is 0.127 e. The third-order valence-electron chi connectivity index (χ3n) is 2.94. The van der Waals surface area contributed by atoms with Gasteiger partial charge in [-0.05, 0) is 24.6 Å². The van der Waals surface area contributed by atoms with Crippen molar-refractivity contribution in [3.63, 3.8) is 0 Å². The molecule has 1 aromatic heterocycles. The van der Waals surface area contributed by atoms with Crippen molar-refractivity contribution in [1.29, 1.82) is 0 Å². The molecule has 0 amide bonds. The van der Waals surface area contributed by atoms with Gasteiger partial charge in [0.05, 0.1) is 6.61 Å². The van der Waals surface area contributed by atoms with Gasteiger partial charge in [-0.15, -0.1) is 0 Å². The maximum absolute atomic E-state index is 5.91. The molecule has 0 aliphatic heterocycles. The van der Waals surface area contributed by atoms with Crippen LogP contribution in [0.1, 0.15) is 19.8 Å². The van der Waals surface area contributed by atoms with E-state index in [-0.39, 0.29) is 0 Å². The lowest BCUT2D eigenvalue weighted by Gasteiger charge is -2.10. The molecule has 19 heavy (non-hydrogen) atoms. The Bertz CT molecular complexity index is 529. The summed E-state index contributed by atoms with van der Waals surface area (Å²) < 4.78 is 11.2. The average Bonchev–Trinajstić information content (AvgIpc) is 2.45. The number of nitrogen functional groups attached to an aromatic ring is 1. The average molecular weight is 260 g/mol. The van der Waals surface area contributed by atoms with Gasteiger partial charge in [0.1, 0.15) is 12.4 Å². The lowest BCUT2D eigenvalue weighted by Crippen LogP contribution is -2.07. The minimum absolute atomic E-state index is 0.547. The van der Waals surface area contributed by atoms with E-state index in [4.69, 9.17) is 15.2 Å². The first-order chi connectivity index (χ1) is 9.33. The van der Waals surface area contributed by atoms with Crippen LogP contribution >= 0.6 is 0 Å². The van der Waals surface area contributed by atoms with Crippen molar-refractivity contribution >= 4 is 16.5 Å². The summed E-state index contributed by atoms with van der Waals surface area (Å²) in [4.78, 5) is 4.08. The molecule has 4 heteroatoms. The van der Waals surface area contributed by atoms with Gasteiger partial charge >= 0.3 is 0 Å². The van der Waals surface area contributed by atoms with Gasteiger partial charge in [-0.3, -0.25) is 4.98 Å². The third kappa shape index (κ3) is 3.58. The van der Waals surface area contributed by atoms with Gasteiger partial charge in [-0.2, -0.15) is 0 Å². The zero-order chi connectivity index (χ0) is 13.5. The van der Waals surface area contributed by atoms with Crippen molar-refractivity contribution in [2.24, 2.45) is 0 Å². The molecule has 0 unspecified atom stereocenters. The monoisotopic (exact) mass is 260 g/mol. The molecular formula is C15H20N2O2. The first kappa shape index (κ1) is 13.6. The molecule has 0 spiro atoms. The molecule has 0 saturated heterocycles. The van der Waals surface area contributed by atoms with E-state index >= 15 is 0 Å². The maximum atomic E-state index is 5.91. The summed E-state index contributed by atoms with van der Waals surface area (Å²) in [5.41, 5.74) is 6.63. The van der Waals surface area contributed by atoms with E-state index in [1.165, 1.54) is 0 Å². The molecule has 2 N–H and O–H groups in total. The number of nitrogens with two attached hydrogens (primary N) is 1. The summed E-state index contributed by atoms with van der Waals surface area (Å²) in [6.07, 6.45) is 5.74. The second-order valence-corrected chi connectivity index (χ2v) is 4.39. The lowest BCUT2D eigenvalue weighted by molar-refractivity contribution is 0.0985. The van der Waals surface area contributed by atoms with Crippen molar-refractivity contribution in [1.82, 2.24) is 4.98 Å². The minimum atomic E-state index is 0.547. The van der Waals surface area contributed by atoms with E-state index in [0.29, 0.717) is 13.2 Å². The molecule has 0 atom stereocenters. The Kier molecular flexibility index (Phi) is 4.98. The van der Waals surface area contributed by atoms with Gasteiger partial charge in [0.2, 0.25) is 0 Å². The summed E-state index contributed by atoms with van der Waals surface area (Å²) in [5, 5.41) is 1.91. The largest absolute Gasteiger partial charge is 0.491 e. The molecule has 0 fully saturated rings. The zero-order valence-electron chi connectivity index (χ0n) is 11.3. The fourth-order valence-corrected chi connectivity index (χ4v) is 1.87. The molecule has 1 heterocycles. The third-order valence-corrected chi connectivity index (χ3v) is 2.94. The highest BCUT2D eigenvalue weighted by molar-refractivity contribution is 5.96. The van der Waals surface area contributed by atoms with Crippen LogP contribution in [-0.2, 0) is 4.74 Å². The normalized spacial score (nSPS) is 10.8. The van der Waals surface area contributed by atoms with Crippen LogP contribution in [0.4, 0.5) is 5.69 Å². The van der Waals surface area contributed by atoms with E-state index < -0.39 is 0 Å². The van der Waals surface area contributed by atoms with Crippen LogP contribution in [0.15, 0.2) is 30.6 Å². The number of anilines is 1. The van der Waals surface area contributed by atoms with Gasteiger partial charge in [0, 0.05) is 35.5 Å². The van der Waals surface area contributed by atoms with Gasteiger partial charge in [0.25, 0.3) is 0 Å². The second kappa shape index (κ2) is 6.95. The topological polar surface area (TPSA) is 57.4 Å². The number of benzene rings is 1. The zero-order valence-corrected chi connectivity index (χ0v) is 11.3. The Morgan fingerprint density at radius 3 is 2.84 bits per heavy atom. The van der Waals surface area contributed by atoms with Gasteiger partial charge in [-0.1, -0.05) is 13.3 Å². The van der Waals surface area contributed by atoms with Gasteiger partial charge in [-0.25, -0.2) is 0 Å². The molecule has 2 aromatic rings. The summed E-state index contributed by atoms with van der Waals surface area (Å²) in [7, 11) is 0. The van der Waals surface area contributed by atoms with Crippen LogP contribution in [0, 0.1) is 0 Å². The molecule has 102 valence electrons. The number of rotatable bonds is 7. The van der Waals surface area contributed by atoms with Gasteiger partial charge < -0.3 is 15.2 Å². The van der Waals surface area contributed by atoms with Crippen LogP contribution in [0.3, 0.4) is 0 Å². The number of pyridine rings is 1. The first-order valence-electron chi connectivity index (χ1n) is 6.65. The van der Waals surface area contributed by atoms with Crippen LogP contribution in [0.25, 0.3) is 10.8 Å². The highest BCUT2D eigenvalue weighted by Gasteiger charge is 2.04. The molecule has 1 aromatic carbocycles. The van der Waals surface area contributed by atoms with E-state index in [0.717, 1.165) is 41.7 Å². The number of fused-ring (bicyclic) bond motifs is 1. The maximum Gasteiger partial charge on any atom is 0.127 e. The lowest BCUT2D eigenvalue weighted by atomic mass is 10.1. The van der Waals surface area contributed by atoms with E-state index in [9.17, 15) is 0 Å².